The van der Waals surface area contributed by atoms with Gasteiger partial charge in [0.1, 0.15) is 5.01 Å². The molecular formula is C22H17ClN2OS. The maximum absolute atomic E-state index is 12.2. The van der Waals surface area contributed by atoms with Gasteiger partial charge in [-0.1, -0.05) is 17.7 Å². The van der Waals surface area contributed by atoms with Crippen molar-refractivity contribution >= 4 is 44.6 Å². The first-order valence-electron chi connectivity index (χ1n) is 8.59. The van der Waals surface area contributed by atoms with Crippen molar-refractivity contribution in [1.29, 1.82) is 0 Å². The van der Waals surface area contributed by atoms with Gasteiger partial charge in [0.05, 0.1) is 16.8 Å². The zero-order valence-corrected chi connectivity index (χ0v) is 16.3. The molecule has 1 N–H and O–H groups in total. The van der Waals surface area contributed by atoms with Gasteiger partial charge >= 0.3 is 0 Å². The lowest BCUT2D eigenvalue weighted by Gasteiger charge is -2.06. The van der Waals surface area contributed by atoms with E-state index in [0.717, 1.165) is 21.8 Å². The van der Waals surface area contributed by atoms with Crippen LogP contribution in [0.25, 0.3) is 20.8 Å². The Hall–Kier alpha value is -2.69. The van der Waals surface area contributed by atoms with Gasteiger partial charge < -0.3 is 5.32 Å². The number of aromatic nitrogens is 1. The molecule has 0 atom stereocenters. The van der Waals surface area contributed by atoms with E-state index in [0.29, 0.717) is 10.6 Å². The number of carbonyl (C=O) groups excluding carboxylic acids is 1. The van der Waals surface area contributed by atoms with Crippen LogP contribution in [0.1, 0.15) is 15.9 Å². The summed E-state index contributed by atoms with van der Waals surface area (Å²) in [5, 5.41) is 4.80. The minimum Gasteiger partial charge on any atom is -0.378 e. The Labute approximate surface area is 166 Å². The molecule has 0 aliphatic heterocycles. The maximum Gasteiger partial charge on any atom is 0.181 e. The van der Waals surface area contributed by atoms with Gasteiger partial charge in [-0.25, -0.2) is 4.98 Å². The van der Waals surface area contributed by atoms with Crippen molar-refractivity contribution in [3.63, 3.8) is 0 Å². The first-order chi connectivity index (χ1) is 13.1. The molecule has 0 saturated heterocycles. The molecule has 3 nitrogen and oxygen atoms in total. The Bertz CT molecular complexity index is 1100. The number of nitrogens with zero attached hydrogens (tertiary/aromatic N) is 1. The number of nitrogens with one attached hydrogen (secondary N) is 1. The van der Waals surface area contributed by atoms with Crippen molar-refractivity contribution < 1.29 is 4.79 Å². The molecule has 3 aromatic carbocycles. The highest BCUT2D eigenvalue weighted by Crippen LogP contribution is 2.31. The molecule has 0 spiro atoms. The Balaban J connectivity index is 1.45. The van der Waals surface area contributed by atoms with Crippen LogP contribution in [-0.2, 0) is 0 Å². The molecule has 1 aromatic heterocycles. The molecule has 0 fully saturated rings. The fourth-order valence-electron chi connectivity index (χ4n) is 2.81. The van der Waals surface area contributed by atoms with E-state index in [1.54, 1.807) is 35.6 Å². The van der Waals surface area contributed by atoms with Crippen molar-refractivity contribution in [2.75, 3.05) is 11.9 Å². The Morgan fingerprint density at radius 3 is 2.52 bits per heavy atom. The van der Waals surface area contributed by atoms with Crippen LogP contribution < -0.4 is 5.32 Å². The van der Waals surface area contributed by atoms with Gasteiger partial charge in [0.2, 0.25) is 0 Å². The van der Waals surface area contributed by atoms with E-state index in [4.69, 9.17) is 16.6 Å². The van der Waals surface area contributed by atoms with E-state index in [2.05, 4.69) is 30.4 Å². The first-order valence-corrected chi connectivity index (χ1v) is 9.78. The monoisotopic (exact) mass is 392 g/mol. The number of thiazole rings is 1. The number of hydrogen-bond acceptors (Lipinski definition) is 4. The van der Waals surface area contributed by atoms with Crippen LogP contribution in [0.15, 0.2) is 66.7 Å². The number of rotatable bonds is 5. The Kier molecular flexibility index (Phi) is 4.92. The van der Waals surface area contributed by atoms with Crippen LogP contribution in [-0.4, -0.2) is 17.3 Å². The summed E-state index contributed by atoms with van der Waals surface area (Å²) in [4.78, 5) is 16.9. The average Bonchev–Trinajstić information content (AvgIpc) is 3.10. The molecule has 0 bridgehead atoms. The van der Waals surface area contributed by atoms with Gasteiger partial charge in [-0.3, -0.25) is 4.79 Å². The number of carbonyl (C=O) groups is 1. The van der Waals surface area contributed by atoms with Gasteiger partial charge in [0.25, 0.3) is 0 Å². The third-order valence-electron chi connectivity index (χ3n) is 4.30. The Morgan fingerprint density at radius 2 is 1.78 bits per heavy atom. The van der Waals surface area contributed by atoms with E-state index in [1.807, 2.05) is 24.3 Å². The van der Waals surface area contributed by atoms with Gasteiger partial charge in [-0.2, -0.15) is 0 Å². The smallest absolute Gasteiger partial charge is 0.181 e. The number of ketones is 1. The quantitative estimate of drug-likeness (QED) is 0.410. The number of aryl methyl sites for hydroxylation is 1. The minimum atomic E-state index is 0.0253. The van der Waals surface area contributed by atoms with Crippen LogP contribution in [0.5, 0.6) is 0 Å². The molecular weight excluding hydrogens is 376 g/mol. The zero-order chi connectivity index (χ0) is 18.8. The molecule has 27 heavy (non-hydrogen) atoms. The van der Waals surface area contributed by atoms with Crippen LogP contribution in [0.4, 0.5) is 5.69 Å². The molecule has 0 amide bonds. The molecule has 4 aromatic rings. The van der Waals surface area contributed by atoms with Crippen LogP contribution in [0.2, 0.25) is 5.02 Å². The SMILES string of the molecule is Cc1ccc2nc(-c3ccc(NCC(=O)c4ccc(Cl)cc4)cc3)sc2c1. The van der Waals surface area contributed by atoms with Gasteiger partial charge in [0.15, 0.2) is 5.78 Å². The van der Waals surface area contributed by atoms with Crippen molar-refractivity contribution in [2.45, 2.75) is 6.92 Å². The number of Topliss-reactive ketones (excluding diaryl/α,β-unsaturated/α-hetero) is 1. The molecule has 0 radical (unpaired) electrons. The highest BCUT2D eigenvalue weighted by atomic mass is 35.5. The molecule has 134 valence electrons. The van der Waals surface area contributed by atoms with Crippen molar-refractivity contribution in [2.24, 2.45) is 0 Å². The predicted molar refractivity (Wildman–Crippen MR) is 114 cm³/mol. The second-order valence-electron chi connectivity index (χ2n) is 6.35. The lowest BCUT2D eigenvalue weighted by atomic mass is 10.1. The van der Waals surface area contributed by atoms with Gasteiger partial charge in [-0.05, 0) is 73.2 Å². The molecule has 0 aliphatic carbocycles. The topological polar surface area (TPSA) is 42.0 Å². The third-order valence-corrected chi connectivity index (χ3v) is 5.61. The summed E-state index contributed by atoms with van der Waals surface area (Å²) >= 11 is 7.55. The molecule has 1 heterocycles. The lowest BCUT2D eigenvalue weighted by molar-refractivity contribution is 0.101. The summed E-state index contributed by atoms with van der Waals surface area (Å²) in [5.74, 6) is 0.0253. The summed E-state index contributed by atoms with van der Waals surface area (Å²) in [6.45, 7) is 2.33. The standard InChI is InChI=1S/C22H17ClN2OS/c1-14-2-11-19-21(12-14)27-22(25-19)16-5-9-18(10-6-16)24-13-20(26)15-3-7-17(23)8-4-15/h2-12,24H,13H2,1H3. The molecule has 5 heteroatoms. The third kappa shape index (κ3) is 4.02. The van der Waals surface area contributed by atoms with E-state index < -0.39 is 0 Å². The number of benzene rings is 3. The highest BCUT2D eigenvalue weighted by Gasteiger charge is 2.08. The van der Waals surface area contributed by atoms with Gasteiger partial charge in [0, 0.05) is 21.8 Å². The maximum atomic E-state index is 12.2. The second-order valence-corrected chi connectivity index (χ2v) is 7.82. The summed E-state index contributed by atoms with van der Waals surface area (Å²) < 4.78 is 1.20. The Morgan fingerprint density at radius 1 is 1.04 bits per heavy atom. The summed E-state index contributed by atoms with van der Waals surface area (Å²) in [5.41, 5.74) is 4.88. The number of fused-ring (bicyclic) bond motifs is 1. The summed E-state index contributed by atoms with van der Waals surface area (Å²) in [6.07, 6.45) is 0. The van der Waals surface area contributed by atoms with Crippen molar-refractivity contribution in [1.82, 2.24) is 4.98 Å². The van der Waals surface area contributed by atoms with E-state index in [1.165, 1.54) is 10.3 Å². The lowest BCUT2D eigenvalue weighted by Crippen LogP contribution is -2.13. The highest BCUT2D eigenvalue weighted by molar-refractivity contribution is 7.21. The fraction of sp³-hybridized carbons (Fsp3) is 0.0909. The van der Waals surface area contributed by atoms with Crippen molar-refractivity contribution in [3.05, 3.63) is 82.9 Å². The molecule has 0 saturated carbocycles. The fourth-order valence-corrected chi connectivity index (χ4v) is 4.00. The zero-order valence-electron chi connectivity index (χ0n) is 14.7. The summed E-state index contributed by atoms with van der Waals surface area (Å²) in [7, 11) is 0. The van der Waals surface area contributed by atoms with Gasteiger partial charge in [-0.15, -0.1) is 11.3 Å². The molecule has 4 rings (SSSR count). The van der Waals surface area contributed by atoms with Crippen LogP contribution in [0.3, 0.4) is 0 Å². The minimum absolute atomic E-state index is 0.0253. The normalized spacial score (nSPS) is 10.9. The first kappa shape index (κ1) is 17.7. The van der Waals surface area contributed by atoms with E-state index in [-0.39, 0.29) is 12.3 Å². The molecule has 0 aliphatic rings. The summed E-state index contributed by atoms with van der Waals surface area (Å²) in [6, 6.07) is 21.2. The predicted octanol–water partition coefficient (Wildman–Crippen LogP) is 6.22. The van der Waals surface area contributed by atoms with Crippen LogP contribution in [0, 0.1) is 6.92 Å². The molecule has 0 unspecified atom stereocenters. The van der Waals surface area contributed by atoms with Crippen LogP contribution >= 0.6 is 22.9 Å². The van der Waals surface area contributed by atoms with E-state index in [9.17, 15) is 4.79 Å². The second kappa shape index (κ2) is 7.51. The largest absolute Gasteiger partial charge is 0.378 e. The van der Waals surface area contributed by atoms with E-state index >= 15 is 0 Å². The number of anilines is 1. The average molecular weight is 393 g/mol. The number of hydrogen-bond donors (Lipinski definition) is 1. The number of halogens is 1. The van der Waals surface area contributed by atoms with Crippen molar-refractivity contribution in [3.8, 4) is 10.6 Å².